The van der Waals surface area contributed by atoms with Crippen molar-refractivity contribution in [2.75, 3.05) is 19.5 Å². The first-order chi connectivity index (χ1) is 16.1. The molecule has 2 aromatic rings. The van der Waals surface area contributed by atoms with E-state index in [-0.39, 0.29) is 16.7 Å². The number of carbonyl (C=O) groups excluding carboxylic acids is 2. The average molecular weight is 465 g/mol. The fraction of sp³-hybridized carbons (Fsp3) is 0.444. The lowest BCUT2D eigenvalue weighted by Crippen LogP contribution is -2.43. The summed E-state index contributed by atoms with van der Waals surface area (Å²) in [5, 5.41) is 7.42. The van der Waals surface area contributed by atoms with Crippen LogP contribution in [0.5, 0.6) is 11.5 Å². The highest BCUT2D eigenvalue weighted by atomic mass is 16.7. The number of amides is 1. The van der Waals surface area contributed by atoms with Crippen LogP contribution in [0.4, 0.5) is 5.69 Å². The van der Waals surface area contributed by atoms with Gasteiger partial charge in [0.1, 0.15) is 11.5 Å². The van der Waals surface area contributed by atoms with Crippen LogP contribution in [0.25, 0.3) is 0 Å². The molecule has 2 aliphatic carbocycles. The van der Waals surface area contributed by atoms with E-state index in [0.29, 0.717) is 29.2 Å². The number of aryl methyl sites for hydroxylation is 1. The molecule has 7 heteroatoms. The fourth-order valence-electron chi connectivity index (χ4n) is 5.56. The summed E-state index contributed by atoms with van der Waals surface area (Å²) in [6, 6.07) is 12.4. The molecular weight excluding hydrogens is 432 g/mol. The standard InChI is InChI=1S/C27H32N2O5/c1-17-7-12-21(33-6)20(15-17)28-24(31)27-14-13-26(4,25(27,2)3)22(16-27)29-34-23(30)18-8-10-19(32-5)11-9-18/h7-12,15H,13-14,16H2,1-6H3,(H,28,31). The Hall–Kier alpha value is -3.35. The predicted octanol–water partition coefficient (Wildman–Crippen LogP) is 5.38. The van der Waals surface area contributed by atoms with Crippen LogP contribution < -0.4 is 14.8 Å². The van der Waals surface area contributed by atoms with Crippen molar-refractivity contribution in [3.63, 3.8) is 0 Å². The zero-order chi connectivity index (χ0) is 24.7. The van der Waals surface area contributed by atoms with E-state index in [4.69, 9.17) is 14.3 Å². The third-order valence-electron chi connectivity index (χ3n) is 8.34. The summed E-state index contributed by atoms with van der Waals surface area (Å²) < 4.78 is 10.6. The Labute approximate surface area is 200 Å². The maximum absolute atomic E-state index is 13.8. The van der Waals surface area contributed by atoms with Gasteiger partial charge in [0.25, 0.3) is 0 Å². The van der Waals surface area contributed by atoms with Crippen LogP contribution in [0.15, 0.2) is 47.6 Å². The molecule has 180 valence electrons. The second-order valence-corrected chi connectivity index (χ2v) is 10.0. The summed E-state index contributed by atoms with van der Waals surface area (Å²) in [6.45, 7) is 8.31. The number of benzene rings is 2. The van der Waals surface area contributed by atoms with Gasteiger partial charge in [0, 0.05) is 11.8 Å². The van der Waals surface area contributed by atoms with E-state index >= 15 is 0 Å². The molecule has 0 aromatic heterocycles. The number of oxime groups is 1. The summed E-state index contributed by atoms with van der Waals surface area (Å²) in [7, 11) is 3.16. The summed E-state index contributed by atoms with van der Waals surface area (Å²) in [6.07, 6.45) is 1.96. The lowest BCUT2D eigenvalue weighted by molar-refractivity contribution is -0.130. The van der Waals surface area contributed by atoms with Crippen LogP contribution in [-0.2, 0) is 9.63 Å². The van der Waals surface area contributed by atoms with Gasteiger partial charge in [-0.1, -0.05) is 32.0 Å². The van der Waals surface area contributed by atoms with Crippen LogP contribution in [0.1, 0.15) is 56.0 Å². The van der Waals surface area contributed by atoms with E-state index in [0.717, 1.165) is 24.1 Å². The highest BCUT2D eigenvalue weighted by Gasteiger charge is 2.71. The van der Waals surface area contributed by atoms with Gasteiger partial charge in [-0.2, -0.15) is 0 Å². The SMILES string of the molecule is COc1ccc(C(=O)ON=C2CC3(C(=O)Nc4cc(C)ccc4OC)CCC2(C)C3(C)C)cc1. The average Bonchev–Trinajstić information content (AvgIpc) is 3.13. The smallest absolute Gasteiger partial charge is 0.365 e. The number of fused-ring (bicyclic) bond motifs is 2. The number of nitrogens with one attached hydrogen (secondary N) is 1. The van der Waals surface area contributed by atoms with Crippen molar-refractivity contribution < 1.29 is 23.9 Å². The van der Waals surface area contributed by atoms with Crippen LogP contribution in [-0.4, -0.2) is 31.8 Å². The van der Waals surface area contributed by atoms with E-state index in [1.54, 1.807) is 38.5 Å². The van der Waals surface area contributed by atoms with Crippen molar-refractivity contribution >= 4 is 23.3 Å². The molecule has 2 unspecified atom stereocenters. The normalized spacial score (nSPS) is 25.8. The van der Waals surface area contributed by atoms with Crippen LogP contribution in [0.2, 0.25) is 0 Å². The Morgan fingerprint density at radius 2 is 1.68 bits per heavy atom. The van der Waals surface area contributed by atoms with Gasteiger partial charge in [-0.15, -0.1) is 0 Å². The van der Waals surface area contributed by atoms with E-state index in [1.807, 2.05) is 25.1 Å². The van der Waals surface area contributed by atoms with Crippen LogP contribution >= 0.6 is 0 Å². The quantitative estimate of drug-likeness (QED) is 0.458. The summed E-state index contributed by atoms with van der Waals surface area (Å²) in [4.78, 5) is 31.7. The molecule has 0 saturated heterocycles. The van der Waals surface area contributed by atoms with Gasteiger partial charge >= 0.3 is 5.97 Å². The first-order valence-electron chi connectivity index (χ1n) is 11.5. The van der Waals surface area contributed by atoms with Gasteiger partial charge in [-0.05, 0) is 67.1 Å². The minimum Gasteiger partial charge on any atom is -0.497 e. The third-order valence-corrected chi connectivity index (χ3v) is 8.34. The molecule has 1 N–H and O–H groups in total. The summed E-state index contributed by atoms with van der Waals surface area (Å²) in [5.41, 5.74) is 1.41. The molecule has 2 bridgehead atoms. The van der Waals surface area contributed by atoms with Gasteiger partial charge < -0.3 is 19.6 Å². The van der Waals surface area contributed by atoms with Crippen molar-refractivity contribution in [3.05, 3.63) is 53.6 Å². The van der Waals surface area contributed by atoms with E-state index in [1.165, 1.54) is 0 Å². The van der Waals surface area contributed by atoms with Gasteiger partial charge in [0.2, 0.25) is 5.91 Å². The molecule has 1 amide bonds. The summed E-state index contributed by atoms with van der Waals surface area (Å²) >= 11 is 0. The lowest BCUT2D eigenvalue weighted by Gasteiger charge is -2.39. The molecule has 34 heavy (non-hydrogen) atoms. The molecular formula is C27H32N2O5. The predicted molar refractivity (Wildman–Crippen MR) is 130 cm³/mol. The number of hydrogen-bond acceptors (Lipinski definition) is 6. The number of nitrogens with zero attached hydrogens (tertiary/aromatic N) is 1. The Morgan fingerprint density at radius 1 is 0.971 bits per heavy atom. The van der Waals surface area contributed by atoms with Crippen molar-refractivity contribution in [2.45, 2.75) is 47.0 Å². The largest absolute Gasteiger partial charge is 0.497 e. The van der Waals surface area contributed by atoms with E-state index in [9.17, 15) is 9.59 Å². The number of rotatable bonds is 6. The molecule has 4 rings (SSSR count). The molecule has 2 saturated carbocycles. The lowest BCUT2D eigenvalue weighted by atomic mass is 9.64. The minimum absolute atomic E-state index is 0.0585. The molecule has 0 heterocycles. The minimum atomic E-state index is -0.665. The molecule has 7 nitrogen and oxygen atoms in total. The number of hydrogen-bond donors (Lipinski definition) is 1. The van der Waals surface area contributed by atoms with E-state index < -0.39 is 11.4 Å². The van der Waals surface area contributed by atoms with Gasteiger partial charge in [-0.3, -0.25) is 4.79 Å². The van der Waals surface area contributed by atoms with Crippen molar-refractivity contribution in [2.24, 2.45) is 21.4 Å². The molecule has 0 radical (unpaired) electrons. The maximum atomic E-state index is 13.8. The first-order valence-corrected chi connectivity index (χ1v) is 11.5. The Kier molecular flexibility index (Phi) is 5.92. The Morgan fingerprint density at radius 3 is 2.32 bits per heavy atom. The van der Waals surface area contributed by atoms with Gasteiger partial charge in [0.15, 0.2) is 0 Å². The molecule has 2 fully saturated rings. The van der Waals surface area contributed by atoms with E-state index in [2.05, 4.69) is 31.2 Å². The molecule has 2 aliphatic rings. The number of methoxy groups -OCH3 is 2. The van der Waals surface area contributed by atoms with Crippen molar-refractivity contribution in [1.82, 2.24) is 0 Å². The molecule has 2 aromatic carbocycles. The fourth-order valence-corrected chi connectivity index (χ4v) is 5.56. The zero-order valence-corrected chi connectivity index (χ0v) is 20.7. The number of carbonyl (C=O) groups is 2. The van der Waals surface area contributed by atoms with Crippen molar-refractivity contribution in [1.29, 1.82) is 0 Å². The van der Waals surface area contributed by atoms with Crippen molar-refractivity contribution in [3.8, 4) is 11.5 Å². The second-order valence-electron chi connectivity index (χ2n) is 10.0. The Bertz CT molecular complexity index is 1150. The first kappa shape index (κ1) is 23.8. The second kappa shape index (κ2) is 8.46. The third kappa shape index (κ3) is 3.54. The molecule has 2 atom stereocenters. The van der Waals surface area contributed by atoms with Gasteiger partial charge in [-0.25, -0.2) is 4.79 Å². The topological polar surface area (TPSA) is 86.2 Å². The highest BCUT2D eigenvalue weighted by Crippen LogP contribution is 2.71. The Balaban J connectivity index is 1.58. The monoisotopic (exact) mass is 464 g/mol. The zero-order valence-electron chi connectivity index (χ0n) is 20.7. The maximum Gasteiger partial charge on any atom is 0.365 e. The molecule has 0 aliphatic heterocycles. The summed E-state index contributed by atoms with van der Waals surface area (Å²) in [5.74, 6) is 0.678. The number of ether oxygens (including phenoxy) is 2. The van der Waals surface area contributed by atoms with Crippen LogP contribution in [0, 0.1) is 23.2 Å². The van der Waals surface area contributed by atoms with Crippen LogP contribution in [0.3, 0.4) is 0 Å². The highest BCUT2D eigenvalue weighted by molar-refractivity contribution is 6.07. The molecule has 0 spiro atoms. The number of anilines is 1. The van der Waals surface area contributed by atoms with Gasteiger partial charge in [0.05, 0.1) is 36.6 Å².